The molecule has 0 fully saturated rings. The number of hydrogen-bond donors (Lipinski definition) is 1. The van der Waals surface area contributed by atoms with Crippen molar-refractivity contribution in [3.63, 3.8) is 0 Å². The predicted octanol–water partition coefficient (Wildman–Crippen LogP) is 4.04. The molecule has 0 radical (unpaired) electrons. The molecule has 1 unspecified atom stereocenters. The second-order valence-electron chi connectivity index (χ2n) is 5.60. The normalized spacial score (nSPS) is 17.0. The Kier molecular flexibility index (Phi) is 5.18. The summed E-state index contributed by atoms with van der Waals surface area (Å²) >= 11 is 0. The summed E-state index contributed by atoms with van der Waals surface area (Å²) in [6.45, 7) is 9.06. The maximum absolute atomic E-state index is 14.3. The Labute approximate surface area is 121 Å². The van der Waals surface area contributed by atoms with E-state index in [1.165, 1.54) is 5.57 Å². The Morgan fingerprint density at radius 1 is 1.40 bits per heavy atom. The maximum atomic E-state index is 14.3. The maximum Gasteiger partial charge on any atom is 0.146 e. The van der Waals surface area contributed by atoms with Crippen LogP contribution in [0.25, 0.3) is 0 Å². The minimum absolute atomic E-state index is 0.111. The predicted molar refractivity (Wildman–Crippen MR) is 83.7 cm³/mol. The summed E-state index contributed by atoms with van der Waals surface area (Å²) in [6.07, 6.45) is 4.30. The molecule has 0 saturated heterocycles. The number of hydrogen-bond acceptors (Lipinski definition) is 2. The van der Waals surface area contributed by atoms with Crippen molar-refractivity contribution in [1.29, 1.82) is 0 Å². The lowest BCUT2D eigenvalue weighted by Gasteiger charge is -2.31. The van der Waals surface area contributed by atoms with Crippen molar-refractivity contribution >= 4 is 5.69 Å². The van der Waals surface area contributed by atoms with Crippen molar-refractivity contribution in [1.82, 2.24) is 5.32 Å². The van der Waals surface area contributed by atoms with E-state index in [0.717, 1.165) is 43.7 Å². The van der Waals surface area contributed by atoms with Crippen molar-refractivity contribution in [2.75, 3.05) is 24.5 Å². The average molecular weight is 276 g/mol. The topological polar surface area (TPSA) is 15.3 Å². The molecule has 0 aliphatic carbocycles. The lowest BCUT2D eigenvalue weighted by molar-refractivity contribution is 0.558. The van der Waals surface area contributed by atoms with Gasteiger partial charge in [-0.25, -0.2) is 4.39 Å². The molecular weight excluding hydrogens is 251 g/mol. The number of halogens is 1. The Bertz CT molecular complexity index is 482. The second-order valence-corrected chi connectivity index (χ2v) is 5.60. The van der Waals surface area contributed by atoms with Gasteiger partial charge in [-0.15, -0.1) is 0 Å². The third-order valence-corrected chi connectivity index (χ3v) is 3.94. The smallest absolute Gasteiger partial charge is 0.146 e. The zero-order valence-electron chi connectivity index (χ0n) is 12.7. The van der Waals surface area contributed by atoms with Gasteiger partial charge in [0.15, 0.2) is 0 Å². The highest BCUT2D eigenvalue weighted by molar-refractivity contribution is 5.57. The standard InChI is InChI=1S/C17H25FN2/c1-4-10-19-14(3)15-6-5-7-16(18)17(15)20-11-8-13(2)9-12-20/h5-8,14,19H,4,9-12H2,1-3H3. The number of anilines is 1. The van der Waals surface area contributed by atoms with Crippen LogP contribution in [0.1, 0.15) is 45.2 Å². The molecule has 3 heteroatoms. The van der Waals surface area contributed by atoms with E-state index < -0.39 is 0 Å². The molecule has 1 N–H and O–H groups in total. The van der Waals surface area contributed by atoms with Crippen LogP contribution in [0.3, 0.4) is 0 Å². The van der Waals surface area contributed by atoms with E-state index in [2.05, 4.69) is 37.1 Å². The quantitative estimate of drug-likeness (QED) is 0.816. The zero-order chi connectivity index (χ0) is 14.5. The van der Waals surface area contributed by atoms with E-state index in [0.29, 0.717) is 0 Å². The fourth-order valence-electron chi connectivity index (χ4n) is 2.66. The number of nitrogens with one attached hydrogen (secondary N) is 1. The van der Waals surface area contributed by atoms with E-state index in [9.17, 15) is 4.39 Å². The van der Waals surface area contributed by atoms with Crippen LogP contribution in [0.4, 0.5) is 10.1 Å². The van der Waals surface area contributed by atoms with E-state index >= 15 is 0 Å². The summed E-state index contributed by atoms with van der Waals surface area (Å²) in [6, 6.07) is 5.59. The first-order valence-corrected chi connectivity index (χ1v) is 7.55. The summed E-state index contributed by atoms with van der Waals surface area (Å²) in [4.78, 5) is 2.15. The minimum atomic E-state index is -0.111. The summed E-state index contributed by atoms with van der Waals surface area (Å²) in [5.74, 6) is -0.111. The lowest BCUT2D eigenvalue weighted by atomic mass is 10.0. The highest BCUT2D eigenvalue weighted by Gasteiger charge is 2.20. The van der Waals surface area contributed by atoms with Gasteiger partial charge in [0.25, 0.3) is 0 Å². The third-order valence-electron chi connectivity index (χ3n) is 3.94. The first kappa shape index (κ1) is 15.0. The van der Waals surface area contributed by atoms with Gasteiger partial charge in [-0.1, -0.05) is 30.7 Å². The van der Waals surface area contributed by atoms with Gasteiger partial charge in [0.1, 0.15) is 5.82 Å². The van der Waals surface area contributed by atoms with Gasteiger partial charge in [0.05, 0.1) is 5.69 Å². The molecule has 1 aromatic carbocycles. The van der Waals surface area contributed by atoms with E-state index in [-0.39, 0.29) is 11.9 Å². The Morgan fingerprint density at radius 3 is 2.85 bits per heavy atom. The second kappa shape index (κ2) is 6.89. The summed E-state index contributed by atoms with van der Waals surface area (Å²) in [5.41, 5.74) is 3.23. The largest absolute Gasteiger partial charge is 0.365 e. The van der Waals surface area contributed by atoms with Crippen LogP contribution in [0, 0.1) is 5.82 Å². The van der Waals surface area contributed by atoms with Gasteiger partial charge in [0.2, 0.25) is 0 Å². The molecule has 2 rings (SSSR count). The SMILES string of the molecule is CCCNC(C)c1cccc(F)c1N1CC=C(C)CC1. The molecule has 0 spiro atoms. The van der Waals surface area contributed by atoms with Crippen molar-refractivity contribution in [3.05, 3.63) is 41.2 Å². The molecule has 110 valence electrons. The molecule has 1 aliphatic heterocycles. The molecule has 0 aromatic heterocycles. The van der Waals surface area contributed by atoms with Gasteiger partial charge < -0.3 is 10.2 Å². The fraction of sp³-hybridized carbons (Fsp3) is 0.529. The first-order valence-electron chi connectivity index (χ1n) is 7.55. The molecule has 2 nitrogen and oxygen atoms in total. The first-order chi connectivity index (χ1) is 9.63. The van der Waals surface area contributed by atoms with Crippen molar-refractivity contribution in [2.24, 2.45) is 0 Å². The van der Waals surface area contributed by atoms with E-state index in [4.69, 9.17) is 0 Å². The lowest BCUT2D eigenvalue weighted by Crippen LogP contribution is -2.31. The van der Waals surface area contributed by atoms with Crippen LogP contribution in [0.2, 0.25) is 0 Å². The molecular formula is C17H25FN2. The Morgan fingerprint density at radius 2 is 2.20 bits per heavy atom. The van der Waals surface area contributed by atoms with Gasteiger partial charge >= 0.3 is 0 Å². The molecule has 0 saturated carbocycles. The summed E-state index contributed by atoms with van der Waals surface area (Å²) in [5, 5.41) is 3.46. The summed E-state index contributed by atoms with van der Waals surface area (Å²) < 4.78 is 14.3. The van der Waals surface area contributed by atoms with Crippen molar-refractivity contribution in [2.45, 2.75) is 39.7 Å². The van der Waals surface area contributed by atoms with Crippen LogP contribution in [0.5, 0.6) is 0 Å². The van der Waals surface area contributed by atoms with Gasteiger partial charge in [-0.3, -0.25) is 0 Å². The molecule has 1 heterocycles. The molecule has 20 heavy (non-hydrogen) atoms. The van der Waals surface area contributed by atoms with Gasteiger partial charge in [-0.05, 0) is 44.9 Å². The Balaban J connectivity index is 2.27. The summed E-state index contributed by atoms with van der Waals surface area (Å²) in [7, 11) is 0. The third kappa shape index (κ3) is 3.40. The van der Waals surface area contributed by atoms with Crippen molar-refractivity contribution < 1.29 is 4.39 Å². The highest BCUT2D eigenvalue weighted by Crippen LogP contribution is 2.31. The molecule has 1 atom stereocenters. The molecule has 1 aliphatic rings. The van der Waals surface area contributed by atoms with Crippen LogP contribution in [0.15, 0.2) is 29.8 Å². The monoisotopic (exact) mass is 276 g/mol. The van der Waals surface area contributed by atoms with Crippen LogP contribution >= 0.6 is 0 Å². The molecule has 1 aromatic rings. The minimum Gasteiger partial charge on any atom is -0.365 e. The van der Waals surface area contributed by atoms with Crippen molar-refractivity contribution in [3.8, 4) is 0 Å². The number of para-hydroxylation sites is 1. The van der Waals surface area contributed by atoms with Gasteiger partial charge in [0, 0.05) is 19.1 Å². The number of nitrogens with zero attached hydrogens (tertiary/aromatic N) is 1. The van der Waals surface area contributed by atoms with E-state index in [1.807, 2.05) is 12.1 Å². The van der Waals surface area contributed by atoms with Crippen LogP contribution in [-0.2, 0) is 0 Å². The molecule has 0 bridgehead atoms. The average Bonchev–Trinajstić information content (AvgIpc) is 2.45. The highest BCUT2D eigenvalue weighted by atomic mass is 19.1. The fourth-order valence-corrected chi connectivity index (χ4v) is 2.66. The number of benzene rings is 1. The molecule has 0 amide bonds. The number of rotatable bonds is 5. The van der Waals surface area contributed by atoms with Crippen LogP contribution in [-0.4, -0.2) is 19.6 Å². The van der Waals surface area contributed by atoms with E-state index in [1.54, 1.807) is 6.07 Å². The van der Waals surface area contributed by atoms with Gasteiger partial charge in [-0.2, -0.15) is 0 Å². The van der Waals surface area contributed by atoms with Crippen LogP contribution < -0.4 is 10.2 Å². The zero-order valence-corrected chi connectivity index (χ0v) is 12.7. The Hall–Kier alpha value is -1.35.